The third-order valence-corrected chi connectivity index (χ3v) is 2.84. The number of thioether (sulfide) groups is 1. The molecule has 0 unspecified atom stereocenters. The number of nitrogens with zero attached hydrogens (tertiary/aromatic N) is 1. The average molecular weight is 256 g/mol. The second-order valence-corrected chi connectivity index (χ2v) is 4.00. The number of primary amides is 1. The molecule has 0 aliphatic rings. The molecule has 1 rings (SSSR count). The molecule has 7 nitrogen and oxygen atoms in total. The first kappa shape index (κ1) is 13.0. The minimum absolute atomic E-state index is 0.0105. The standard InChI is InChI=1S/C9H8N2O5S/c10-9(14)5-1-2-7(17-4-8(12)13)6(3-5)11(15)16/h1-3H,4H2,(H2,10,14)(H,12,13). The number of carbonyl (C=O) groups is 2. The van der Waals surface area contributed by atoms with Crippen molar-refractivity contribution >= 4 is 29.3 Å². The number of hydrogen-bond acceptors (Lipinski definition) is 5. The van der Waals surface area contributed by atoms with Gasteiger partial charge >= 0.3 is 5.97 Å². The summed E-state index contributed by atoms with van der Waals surface area (Å²) in [5.74, 6) is -2.15. The first-order valence-corrected chi connectivity index (χ1v) is 5.33. The van der Waals surface area contributed by atoms with Gasteiger partial charge in [0.15, 0.2) is 0 Å². The number of aliphatic carboxylic acids is 1. The van der Waals surface area contributed by atoms with Gasteiger partial charge in [-0.05, 0) is 12.1 Å². The Morgan fingerprint density at radius 2 is 2.12 bits per heavy atom. The van der Waals surface area contributed by atoms with Gasteiger partial charge in [0.05, 0.1) is 15.6 Å². The molecule has 0 aromatic heterocycles. The van der Waals surface area contributed by atoms with E-state index < -0.39 is 16.8 Å². The van der Waals surface area contributed by atoms with Crippen molar-refractivity contribution in [2.75, 3.05) is 5.75 Å². The quantitative estimate of drug-likeness (QED) is 0.457. The van der Waals surface area contributed by atoms with Gasteiger partial charge in [-0.3, -0.25) is 19.7 Å². The lowest BCUT2D eigenvalue weighted by molar-refractivity contribution is -0.387. The fourth-order valence-corrected chi connectivity index (χ4v) is 1.80. The molecule has 90 valence electrons. The Morgan fingerprint density at radius 1 is 1.47 bits per heavy atom. The zero-order chi connectivity index (χ0) is 13.0. The number of carboxylic acid groups (broad SMARTS) is 1. The van der Waals surface area contributed by atoms with Crippen LogP contribution in [0, 0.1) is 10.1 Å². The maximum atomic E-state index is 10.9. The number of amides is 1. The van der Waals surface area contributed by atoms with E-state index in [1.54, 1.807) is 0 Å². The van der Waals surface area contributed by atoms with E-state index in [1.165, 1.54) is 12.1 Å². The zero-order valence-electron chi connectivity index (χ0n) is 8.45. The van der Waals surface area contributed by atoms with Gasteiger partial charge < -0.3 is 10.8 Å². The maximum Gasteiger partial charge on any atom is 0.313 e. The molecule has 0 radical (unpaired) electrons. The highest BCUT2D eigenvalue weighted by Crippen LogP contribution is 2.29. The molecule has 0 aliphatic heterocycles. The summed E-state index contributed by atoms with van der Waals surface area (Å²) < 4.78 is 0. The molecule has 0 fully saturated rings. The van der Waals surface area contributed by atoms with Crippen LogP contribution < -0.4 is 5.73 Å². The molecule has 8 heteroatoms. The highest BCUT2D eigenvalue weighted by molar-refractivity contribution is 8.00. The van der Waals surface area contributed by atoms with Crippen LogP contribution in [0.1, 0.15) is 10.4 Å². The van der Waals surface area contributed by atoms with Crippen LogP contribution in [0.15, 0.2) is 23.1 Å². The molecule has 0 heterocycles. The molecule has 0 spiro atoms. The summed E-state index contributed by atoms with van der Waals surface area (Å²) in [5.41, 5.74) is 4.68. The number of nitro groups is 1. The molecule has 0 saturated carbocycles. The largest absolute Gasteiger partial charge is 0.481 e. The molecule has 17 heavy (non-hydrogen) atoms. The van der Waals surface area contributed by atoms with Gasteiger partial charge in [-0.2, -0.15) is 0 Å². The molecular formula is C9H8N2O5S. The topological polar surface area (TPSA) is 124 Å². The molecule has 0 bridgehead atoms. The number of nitro benzene ring substituents is 1. The smallest absolute Gasteiger partial charge is 0.313 e. The summed E-state index contributed by atoms with van der Waals surface area (Å²) in [7, 11) is 0. The summed E-state index contributed by atoms with van der Waals surface area (Å²) in [6.45, 7) is 0. The normalized spacial score (nSPS) is 9.88. The highest BCUT2D eigenvalue weighted by Gasteiger charge is 2.17. The predicted molar refractivity (Wildman–Crippen MR) is 60.0 cm³/mol. The summed E-state index contributed by atoms with van der Waals surface area (Å²) in [6, 6.07) is 3.66. The molecular weight excluding hydrogens is 248 g/mol. The Morgan fingerprint density at radius 3 is 2.59 bits per heavy atom. The van der Waals surface area contributed by atoms with Crippen molar-refractivity contribution in [3.05, 3.63) is 33.9 Å². The van der Waals surface area contributed by atoms with E-state index >= 15 is 0 Å². The van der Waals surface area contributed by atoms with Crippen molar-refractivity contribution in [3.63, 3.8) is 0 Å². The van der Waals surface area contributed by atoms with Crippen molar-refractivity contribution in [1.29, 1.82) is 0 Å². The van der Waals surface area contributed by atoms with Crippen LogP contribution >= 0.6 is 11.8 Å². The van der Waals surface area contributed by atoms with Gasteiger partial charge in [0.2, 0.25) is 5.91 Å². The molecule has 1 aromatic rings. The van der Waals surface area contributed by atoms with Crippen LogP contribution in [-0.2, 0) is 4.79 Å². The summed E-state index contributed by atoms with van der Waals surface area (Å²) >= 11 is 0.811. The third kappa shape index (κ3) is 3.45. The van der Waals surface area contributed by atoms with Gasteiger partial charge in [-0.1, -0.05) is 0 Å². The molecule has 1 amide bonds. The second-order valence-electron chi connectivity index (χ2n) is 2.99. The van der Waals surface area contributed by atoms with Crippen LogP contribution in [0.5, 0.6) is 0 Å². The zero-order valence-corrected chi connectivity index (χ0v) is 9.27. The maximum absolute atomic E-state index is 10.9. The highest BCUT2D eigenvalue weighted by atomic mass is 32.2. The molecule has 3 N–H and O–H groups in total. The number of carboxylic acids is 1. The Labute approximate surface area is 99.8 Å². The van der Waals surface area contributed by atoms with Gasteiger partial charge in [0.25, 0.3) is 5.69 Å². The Bertz CT molecular complexity index is 488. The number of benzene rings is 1. The van der Waals surface area contributed by atoms with Crippen molar-refractivity contribution in [2.24, 2.45) is 5.73 Å². The fourth-order valence-electron chi connectivity index (χ4n) is 1.07. The van der Waals surface area contributed by atoms with E-state index in [0.29, 0.717) is 0 Å². The SMILES string of the molecule is NC(=O)c1ccc(SCC(=O)O)c([N+](=O)[O-])c1. The molecule has 0 saturated heterocycles. The summed E-state index contributed by atoms with van der Waals surface area (Å²) in [6.07, 6.45) is 0. The van der Waals surface area contributed by atoms with Gasteiger partial charge in [-0.15, -0.1) is 11.8 Å². The van der Waals surface area contributed by atoms with E-state index in [2.05, 4.69) is 0 Å². The van der Waals surface area contributed by atoms with Gasteiger partial charge in [0, 0.05) is 11.6 Å². The van der Waals surface area contributed by atoms with E-state index in [1.807, 2.05) is 0 Å². The van der Waals surface area contributed by atoms with Crippen LogP contribution in [-0.4, -0.2) is 27.7 Å². The predicted octanol–water partition coefficient (Wildman–Crippen LogP) is 0.870. The Balaban J connectivity index is 3.08. The number of nitrogens with two attached hydrogens (primary N) is 1. The minimum Gasteiger partial charge on any atom is -0.481 e. The van der Waals surface area contributed by atoms with Gasteiger partial charge in [0.1, 0.15) is 0 Å². The monoisotopic (exact) mass is 256 g/mol. The lowest BCUT2D eigenvalue weighted by Gasteiger charge is -2.02. The van der Waals surface area contributed by atoms with Gasteiger partial charge in [-0.25, -0.2) is 0 Å². The molecule has 0 atom stereocenters. The van der Waals surface area contributed by atoms with Crippen LogP contribution in [0.3, 0.4) is 0 Å². The molecule has 0 aliphatic carbocycles. The number of carbonyl (C=O) groups excluding carboxylic acids is 1. The van der Waals surface area contributed by atoms with Crippen LogP contribution in [0.4, 0.5) is 5.69 Å². The number of rotatable bonds is 5. The first-order chi connectivity index (χ1) is 7.91. The number of hydrogen-bond donors (Lipinski definition) is 2. The molecule has 1 aromatic carbocycles. The van der Waals surface area contributed by atoms with E-state index in [-0.39, 0.29) is 21.9 Å². The lowest BCUT2D eigenvalue weighted by Crippen LogP contribution is -2.11. The average Bonchev–Trinajstić information content (AvgIpc) is 2.25. The first-order valence-electron chi connectivity index (χ1n) is 4.34. The second kappa shape index (κ2) is 5.30. The van der Waals surface area contributed by atoms with Crippen LogP contribution in [0.25, 0.3) is 0 Å². The van der Waals surface area contributed by atoms with Crippen molar-refractivity contribution in [3.8, 4) is 0 Å². The lowest BCUT2D eigenvalue weighted by atomic mass is 10.2. The van der Waals surface area contributed by atoms with E-state index in [9.17, 15) is 19.7 Å². The van der Waals surface area contributed by atoms with Crippen molar-refractivity contribution in [1.82, 2.24) is 0 Å². The van der Waals surface area contributed by atoms with Crippen molar-refractivity contribution < 1.29 is 19.6 Å². The van der Waals surface area contributed by atoms with Crippen LogP contribution in [0.2, 0.25) is 0 Å². The Hall–Kier alpha value is -2.09. The minimum atomic E-state index is -1.08. The third-order valence-electron chi connectivity index (χ3n) is 1.79. The Kier molecular flexibility index (Phi) is 4.05. The van der Waals surface area contributed by atoms with E-state index in [4.69, 9.17) is 10.8 Å². The fraction of sp³-hybridized carbons (Fsp3) is 0.111. The summed E-state index contributed by atoms with van der Waals surface area (Å²) in [5, 5.41) is 19.2. The van der Waals surface area contributed by atoms with Crippen molar-refractivity contribution in [2.45, 2.75) is 4.90 Å². The van der Waals surface area contributed by atoms with E-state index in [0.717, 1.165) is 17.8 Å². The summed E-state index contributed by atoms with van der Waals surface area (Å²) in [4.78, 5) is 31.4.